The molecule has 0 aromatic rings. The van der Waals surface area contributed by atoms with Gasteiger partial charge in [0.15, 0.2) is 0 Å². The average molecular weight is 239 g/mol. The molecule has 0 aromatic carbocycles. The first-order chi connectivity index (χ1) is 8.01. The Hall–Kier alpha value is -0.610. The van der Waals surface area contributed by atoms with E-state index in [-0.39, 0.29) is 11.3 Å². The molecule has 1 unspecified atom stereocenters. The summed E-state index contributed by atoms with van der Waals surface area (Å²) < 4.78 is 0. The van der Waals surface area contributed by atoms with Crippen LogP contribution in [0.25, 0.3) is 0 Å². The van der Waals surface area contributed by atoms with Crippen molar-refractivity contribution in [1.82, 2.24) is 10.2 Å². The Kier molecular flexibility index (Phi) is 3.46. The summed E-state index contributed by atoms with van der Waals surface area (Å²) in [6.45, 7) is 8.22. The Labute approximate surface area is 104 Å². The van der Waals surface area contributed by atoms with Crippen LogP contribution >= 0.6 is 0 Å². The molecule has 1 saturated carbocycles. The van der Waals surface area contributed by atoms with Crippen molar-refractivity contribution in [2.45, 2.75) is 45.1 Å². The van der Waals surface area contributed by atoms with E-state index in [9.17, 15) is 4.79 Å². The SMILES string of the molecule is CC1(C)CCCCC1(C(N)=O)N1CCNCC1. The van der Waals surface area contributed by atoms with E-state index in [1.54, 1.807) is 0 Å². The van der Waals surface area contributed by atoms with Crippen LogP contribution in [0.2, 0.25) is 0 Å². The highest BCUT2D eigenvalue weighted by molar-refractivity contribution is 5.86. The summed E-state index contributed by atoms with van der Waals surface area (Å²) >= 11 is 0. The topological polar surface area (TPSA) is 58.4 Å². The van der Waals surface area contributed by atoms with Crippen LogP contribution in [0.15, 0.2) is 0 Å². The second-order valence-corrected chi connectivity index (χ2v) is 6.05. The lowest BCUT2D eigenvalue weighted by molar-refractivity contribution is -0.145. The number of piperazine rings is 1. The molecule has 1 amide bonds. The third-order valence-corrected chi connectivity index (χ3v) is 4.77. The standard InChI is InChI=1S/C13H25N3O/c1-12(2)5-3-4-6-13(12,11(14)17)16-9-7-15-8-10-16/h15H,3-10H2,1-2H3,(H2,14,17). The van der Waals surface area contributed by atoms with Crippen LogP contribution in [-0.4, -0.2) is 42.5 Å². The minimum atomic E-state index is -0.423. The van der Waals surface area contributed by atoms with Gasteiger partial charge in [-0.2, -0.15) is 0 Å². The van der Waals surface area contributed by atoms with Crippen LogP contribution in [0.5, 0.6) is 0 Å². The first kappa shape index (κ1) is 12.8. The summed E-state index contributed by atoms with van der Waals surface area (Å²) in [7, 11) is 0. The van der Waals surface area contributed by atoms with Crippen molar-refractivity contribution in [3.05, 3.63) is 0 Å². The molecule has 2 fully saturated rings. The highest BCUT2D eigenvalue weighted by Gasteiger charge is 2.54. The Morgan fingerprint density at radius 3 is 2.29 bits per heavy atom. The van der Waals surface area contributed by atoms with Gasteiger partial charge in [0, 0.05) is 26.2 Å². The molecular weight excluding hydrogens is 214 g/mol. The van der Waals surface area contributed by atoms with Crippen molar-refractivity contribution in [2.75, 3.05) is 26.2 Å². The Balaban J connectivity index is 2.32. The summed E-state index contributed by atoms with van der Waals surface area (Å²) in [5.41, 5.74) is 5.38. The minimum absolute atomic E-state index is 0.00553. The molecule has 3 N–H and O–H groups in total. The van der Waals surface area contributed by atoms with Gasteiger partial charge in [-0.05, 0) is 18.3 Å². The third kappa shape index (κ3) is 1.97. The zero-order valence-electron chi connectivity index (χ0n) is 11.1. The molecule has 1 aliphatic heterocycles. The monoisotopic (exact) mass is 239 g/mol. The number of carbonyl (C=O) groups is 1. The highest BCUT2D eigenvalue weighted by Crippen LogP contribution is 2.47. The maximum absolute atomic E-state index is 12.2. The van der Waals surface area contributed by atoms with Gasteiger partial charge in [-0.3, -0.25) is 9.69 Å². The molecule has 1 heterocycles. The fourth-order valence-electron chi connectivity index (χ4n) is 3.74. The van der Waals surface area contributed by atoms with Crippen molar-refractivity contribution in [1.29, 1.82) is 0 Å². The maximum Gasteiger partial charge on any atom is 0.238 e. The molecule has 0 aromatic heterocycles. The first-order valence-electron chi connectivity index (χ1n) is 6.76. The number of nitrogens with zero attached hydrogens (tertiary/aromatic N) is 1. The Bertz CT molecular complexity index is 297. The van der Waals surface area contributed by atoms with Crippen LogP contribution in [-0.2, 0) is 4.79 Å². The van der Waals surface area contributed by atoms with Gasteiger partial charge in [0.1, 0.15) is 5.54 Å². The van der Waals surface area contributed by atoms with Gasteiger partial charge in [0.2, 0.25) is 5.91 Å². The summed E-state index contributed by atoms with van der Waals surface area (Å²) in [6.07, 6.45) is 4.36. The van der Waals surface area contributed by atoms with Crippen LogP contribution in [0.4, 0.5) is 0 Å². The van der Waals surface area contributed by atoms with Gasteiger partial charge in [-0.15, -0.1) is 0 Å². The lowest BCUT2D eigenvalue weighted by Crippen LogP contribution is -2.69. The summed E-state index contributed by atoms with van der Waals surface area (Å²) in [5.74, 6) is -0.121. The molecule has 0 spiro atoms. The second kappa shape index (κ2) is 4.58. The molecule has 17 heavy (non-hydrogen) atoms. The quantitative estimate of drug-likeness (QED) is 0.746. The van der Waals surface area contributed by atoms with E-state index >= 15 is 0 Å². The van der Waals surface area contributed by atoms with Crippen LogP contribution in [0.3, 0.4) is 0 Å². The van der Waals surface area contributed by atoms with Crippen molar-refractivity contribution in [2.24, 2.45) is 11.1 Å². The smallest absolute Gasteiger partial charge is 0.238 e. The number of hydrogen-bond acceptors (Lipinski definition) is 3. The molecule has 4 nitrogen and oxygen atoms in total. The molecule has 1 aliphatic carbocycles. The zero-order chi connectivity index (χ0) is 12.5. The van der Waals surface area contributed by atoms with E-state index in [0.717, 1.165) is 45.4 Å². The van der Waals surface area contributed by atoms with E-state index in [2.05, 4.69) is 24.1 Å². The molecule has 4 heteroatoms. The Morgan fingerprint density at radius 2 is 1.76 bits per heavy atom. The van der Waals surface area contributed by atoms with Gasteiger partial charge >= 0.3 is 0 Å². The number of rotatable bonds is 2. The van der Waals surface area contributed by atoms with E-state index in [0.29, 0.717) is 0 Å². The number of amides is 1. The number of nitrogens with two attached hydrogens (primary N) is 1. The molecule has 2 aliphatic rings. The lowest BCUT2D eigenvalue weighted by atomic mass is 9.61. The number of primary amides is 1. The molecule has 1 atom stereocenters. The summed E-state index contributed by atoms with van der Waals surface area (Å²) in [5, 5.41) is 3.34. The highest BCUT2D eigenvalue weighted by atomic mass is 16.1. The van der Waals surface area contributed by atoms with Gasteiger partial charge in [-0.1, -0.05) is 26.7 Å². The normalized spacial score (nSPS) is 34.5. The fourth-order valence-corrected chi connectivity index (χ4v) is 3.74. The Morgan fingerprint density at radius 1 is 1.18 bits per heavy atom. The zero-order valence-corrected chi connectivity index (χ0v) is 11.1. The average Bonchev–Trinajstić information content (AvgIpc) is 2.29. The van der Waals surface area contributed by atoms with Gasteiger partial charge in [0.05, 0.1) is 0 Å². The molecule has 2 rings (SSSR count). The molecular formula is C13H25N3O. The minimum Gasteiger partial charge on any atom is -0.368 e. The van der Waals surface area contributed by atoms with Crippen molar-refractivity contribution >= 4 is 5.91 Å². The van der Waals surface area contributed by atoms with E-state index in [4.69, 9.17) is 5.73 Å². The largest absolute Gasteiger partial charge is 0.368 e. The first-order valence-corrected chi connectivity index (χ1v) is 6.76. The van der Waals surface area contributed by atoms with Crippen LogP contribution in [0.1, 0.15) is 39.5 Å². The molecule has 0 radical (unpaired) electrons. The van der Waals surface area contributed by atoms with Crippen molar-refractivity contribution < 1.29 is 4.79 Å². The van der Waals surface area contributed by atoms with Crippen LogP contribution < -0.4 is 11.1 Å². The molecule has 98 valence electrons. The van der Waals surface area contributed by atoms with Gasteiger partial charge in [0.25, 0.3) is 0 Å². The number of hydrogen-bond donors (Lipinski definition) is 2. The predicted molar refractivity (Wildman–Crippen MR) is 68.6 cm³/mol. The lowest BCUT2D eigenvalue weighted by Gasteiger charge is -2.55. The summed E-state index contributed by atoms with van der Waals surface area (Å²) in [6, 6.07) is 0. The predicted octanol–water partition coefficient (Wildman–Crippen LogP) is 0.716. The molecule has 1 saturated heterocycles. The van der Waals surface area contributed by atoms with E-state index in [1.165, 1.54) is 6.42 Å². The third-order valence-electron chi connectivity index (χ3n) is 4.77. The van der Waals surface area contributed by atoms with Crippen molar-refractivity contribution in [3.63, 3.8) is 0 Å². The van der Waals surface area contributed by atoms with Gasteiger partial charge < -0.3 is 11.1 Å². The summed E-state index contributed by atoms with van der Waals surface area (Å²) in [4.78, 5) is 14.5. The maximum atomic E-state index is 12.2. The second-order valence-electron chi connectivity index (χ2n) is 6.05. The number of carbonyl (C=O) groups excluding carboxylic acids is 1. The van der Waals surface area contributed by atoms with Crippen LogP contribution in [0, 0.1) is 5.41 Å². The van der Waals surface area contributed by atoms with Gasteiger partial charge in [-0.25, -0.2) is 0 Å². The fraction of sp³-hybridized carbons (Fsp3) is 0.923. The number of nitrogens with one attached hydrogen (secondary N) is 1. The van der Waals surface area contributed by atoms with E-state index in [1.807, 2.05) is 0 Å². The van der Waals surface area contributed by atoms with E-state index < -0.39 is 5.54 Å². The molecule has 0 bridgehead atoms. The van der Waals surface area contributed by atoms with Crippen molar-refractivity contribution in [3.8, 4) is 0 Å².